The van der Waals surface area contributed by atoms with E-state index in [0.717, 1.165) is 30.2 Å². The summed E-state index contributed by atoms with van der Waals surface area (Å²) in [6.07, 6.45) is 5.14. The minimum atomic E-state index is 0.803. The van der Waals surface area contributed by atoms with Crippen LogP contribution >= 0.6 is 11.6 Å². The molecule has 0 heterocycles. The molecule has 0 fully saturated rings. The first-order valence-electron chi connectivity index (χ1n) is 10.0. The third kappa shape index (κ3) is 7.11. The smallest absolute Gasteiger partial charge is 0.0484 e. The Bertz CT molecular complexity index is 616. The highest BCUT2D eigenvalue weighted by Gasteiger charge is 2.04. The molecule has 0 aliphatic heterocycles. The van der Waals surface area contributed by atoms with Crippen molar-refractivity contribution >= 4 is 11.6 Å². The molecule has 1 N–H and O–H groups in total. The SMILES string of the molecule is CCCCN(CCCC)CCNCc1ccc(-c2ccccc2Cl)cc1. The van der Waals surface area contributed by atoms with Crippen LogP contribution in [0.4, 0.5) is 0 Å². The van der Waals surface area contributed by atoms with Crippen molar-refractivity contribution in [1.82, 2.24) is 10.2 Å². The zero-order valence-corrected chi connectivity index (χ0v) is 17.1. The Balaban J connectivity index is 1.78. The Morgan fingerprint density at radius 2 is 1.50 bits per heavy atom. The topological polar surface area (TPSA) is 15.3 Å². The second-order valence-corrected chi connectivity index (χ2v) is 7.31. The molecule has 0 aliphatic rings. The zero-order valence-electron chi connectivity index (χ0n) is 16.3. The number of benzene rings is 2. The summed E-state index contributed by atoms with van der Waals surface area (Å²) in [5.74, 6) is 0. The van der Waals surface area contributed by atoms with Crippen molar-refractivity contribution in [1.29, 1.82) is 0 Å². The van der Waals surface area contributed by atoms with Crippen molar-refractivity contribution in [2.45, 2.75) is 46.1 Å². The number of hydrogen-bond acceptors (Lipinski definition) is 2. The van der Waals surface area contributed by atoms with Crippen molar-refractivity contribution < 1.29 is 0 Å². The van der Waals surface area contributed by atoms with Gasteiger partial charge >= 0.3 is 0 Å². The standard InChI is InChI=1S/C23H33ClN2/c1-3-5-16-26(17-6-4-2)18-15-25-19-20-11-13-21(14-12-20)22-9-7-8-10-23(22)24/h7-14,25H,3-6,15-19H2,1-2H3. The fraction of sp³-hybridized carbons (Fsp3) is 0.478. The molecule has 0 saturated carbocycles. The lowest BCUT2D eigenvalue weighted by molar-refractivity contribution is 0.264. The van der Waals surface area contributed by atoms with Gasteiger partial charge in [0.15, 0.2) is 0 Å². The molecular weight excluding hydrogens is 340 g/mol. The molecule has 0 aromatic heterocycles. The fourth-order valence-corrected chi connectivity index (χ4v) is 3.31. The van der Waals surface area contributed by atoms with E-state index in [0.29, 0.717) is 0 Å². The highest BCUT2D eigenvalue weighted by Crippen LogP contribution is 2.27. The van der Waals surface area contributed by atoms with Gasteiger partial charge in [-0.3, -0.25) is 0 Å². The average molecular weight is 373 g/mol. The van der Waals surface area contributed by atoms with Crippen LogP contribution in [0.3, 0.4) is 0 Å². The van der Waals surface area contributed by atoms with Crippen LogP contribution in [0.15, 0.2) is 48.5 Å². The summed E-state index contributed by atoms with van der Waals surface area (Å²) in [6.45, 7) is 10.1. The Hall–Kier alpha value is -1.35. The van der Waals surface area contributed by atoms with Gasteiger partial charge in [0, 0.05) is 30.2 Å². The first-order chi connectivity index (χ1) is 12.7. The van der Waals surface area contributed by atoms with E-state index < -0.39 is 0 Å². The van der Waals surface area contributed by atoms with Crippen molar-refractivity contribution in [3.05, 3.63) is 59.1 Å². The first kappa shape index (κ1) is 21.0. The predicted molar refractivity (Wildman–Crippen MR) is 115 cm³/mol. The van der Waals surface area contributed by atoms with E-state index in [9.17, 15) is 0 Å². The summed E-state index contributed by atoms with van der Waals surface area (Å²) in [5.41, 5.74) is 3.58. The van der Waals surface area contributed by atoms with Gasteiger partial charge in [-0.05, 0) is 43.1 Å². The van der Waals surface area contributed by atoms with Gasteiger partial charge in [0.2, 0.25) is 0 Å². The van der Waals surface area contributed by atoms with E-state index >= 15 is 0 Å². The van der Waals surface area contributed by atoms with Gasteiger partial charge in [-0.1, -0.05) is 80.8 Å². The maximum Gasteiger partial charge on any atom is 0.0484 e. The van der Waals surface area contributed by atoms with Gasteiger partial charge in [0.05, 0.1) is 0 Å². The maximum atomic E-state index is 6.29. The van der Waals surface area contributed by atoms with E-state index in [2.05, 4.69) is 54.4 Å². The van der Waals surface area contributed by atoms with Crippen molar-refractivity contribution in [2.75, 3.05) is 26.2 Å². The average Bonchev–Trinajstić information content (AvgIpc) is 2.67. The molecule has 2 aromatic carbocycles. The van der Waals surface area contributed by atoms with E-state index in [1.165, 1.54) is 49.9 Å². The van der Waals surface area contributed by atoms with E-state index in [4.69, 9.17) is 11.6 Å². The summed E-state index contributed by atoms with van der Waals surface area (Å²) >= 11 is 6.29. The van der Waals surface area contributed by atoms with Crippen LogP contribution in [0, 0.1) is 0 Å². The largest absolute Gasteiger partial charge is 0.311 e. The Morgan fingerprint density at radius 1 is 0.846 bits per heavy atom. The molecule has 0 bridgehead atoms. The number of rotatable bonds is 12. The first-order valence-corrected chi connectivity index (χ1v) is 10.4. The van der Waals surface area contributed by atoms with Crippen LogP contribution in [0.25, 0.3) is 11.1 Å². The molecule has 0 radical (unpaired) electrons. The second-order valence-electron chi connectivity index (χ2n) is 6.90. The summed E-state index contributed by atoms with van der Waals surface area (Å²) in [6, 6.07) is 16.7. The molecule has 3 heteroatoms. The highest BCUT2D eigenvalue weighted by atomic mass is 35.5. The minimum absolute atomic E-state index is 0.803. The monoisotopic (exact) mass is 372 g/mol. The van der Waals surface area contributed by atoms with E-state index in [1.807, 2.05) is 18.2 Å². The van der Waals surface area contributed by atoms with Crippen LogP contribution in [0.2, 0.25) is 5.02 Å². The van der Waals surface area contributed by atoms with Gasteiger partial charge in [-0.25, -0.2) is 0 Å². The normalized spacial score (nSPS) is 11.2. The Labute approximate surface area is 164 Å². The second kappa shape index (κ2) is 12.1. The van der Waals surface area contributed by atoms with Crippen LogP contribution in [-0.4, -0.2) is 31.1 Å². The molecule has 0 aliphatic carbocycles. The van der Waals surface area contributed by atoms with Crippen LogP contribution < -0.4 is 5.32 Å². The zero-order chi connectivity index (χ0) is 18.6. The molecule has 0 unspecified atom stereocenters. The fourth-order valence-electron chi connectivity index (χ4n) is 3.07. The molecule has 0 amide bonds. The highest BCUT2D eigenvalue weighted by molar-refractivity contribution is 6.33. The summed E-state index contributed by atoms with van der Waals surface area (Å²) in [5, 5.41) is 4.39. The Morgan fingerprint density at radius 3 is 2.12 bits per heavy atom. The summed E-state index contributed by atoms with van der Waals surface area (Å²) < 4.78 is 0. The lowest BCUT2D eigenvalue weighted by atomic mass is 10.0. The molecule has 2 nitrogen and oxygen atoms in total. The predicted octanol–water partition coefficient (Wildman–Crippen LogP) is 6.00. The lowest BCUT2D eigenvalue weighted by Crippen LogP contribution is -2.33. The molecular formula is C23H33ClN2. The summed E-state index contributed by atoms with van der Waals surface area (Å²) in [4.78, 5) is 2.60. The van der Waals surface area contributed by atoms with Crippen molar-refractivity contribution in [3.63, 3.8) is 0 Å². The van der Waals surface area contributed by atoms with Gasteiger partial charge in [-0.15, -0.1) is 0 Å². The van der Waals surface area contributed by atoms with Crippen molar-refractivity contribution in [2.24, 2.45) is 0 Å². The minimum Gasteiger partial charge on any atom is -0.311 e. The third-order valence-corrected chi connectivity index (χ3v) is 5.06. The summed E-state index contributed by atoms with van der Waals surface area (Å²) in [7, 11) is 0. The van der Waals surface area contributed by atoms with Crippen molar-refractivity contribution in [3.8, 4) is 11.1 Å². The molecule has 142 valence electrons. The molecule has 2 aromatic rings. The van der Waals surface area contributed by atoms with Gasteiger partial charge in [-0.2, -0.15) is 0 Å². The molecule has 0 atom stereocenters. The number of hydrogen-bond donors (Lipinski definition) is 1. The molecule has 2 rings (SSSR count). The molecule has 0 saturated heterocycles. The van der Waals surface area contributed by atoms with Gasteiger partial charge < -0.3 is 10.2 Å². The quantitative estimate of drug-likeness (QED) is 0.459. The Kier molecular flexibility index (Phi) is 9.76. The van der Waals surface area contributed by atoms with Crippen LogP contribution in [0.1, 0.15) is 45.1 Å². The van der Waals surface area contributed by atoms with E-state index in [-0.39, 0.29) is 0 Å². The lowest BCUT2D eigenvalue weighted by Gasteiger charge is -2.22. The number of halogens is 1. The van der Waals surface area contributed by atoms with Crippen LogP contribution in [-0.2, 0) is 6.54 Å². The molecule has 26 heavy (non-hydrogen) atoms. The maximum absolute atomic E-state index is 6.29. The van der Waals surface area contributed by atoms with E-state index in [1.54, 1.807) is 0 Å². The van der Waals surface area contributed by atoms with Gasteiger partial charge in [0.25, 0.3) is 0 Å². The van der Waals surface area contributed by atoms with Gasteiger partial charge in [0.1, 0.15) is 0 Å². The molecule has 0 spiro atoms. The third-order valence-electron chi connectivity index (χ3n) is 4.73. The van der Waals surface area contributed by atoms with Crippen LogP contribution in [0.5, 0.6) is 0 Å². The number of nitrogens with one attached hydrogen (secondary N) is 1. The number of nitrogens with zero attached hydrogens (tertiary/aromatic N) is 1. The number of unbranched alkanes of at least 4 members (excludes halogenated alkanes) is 2.